The predicted octanol–water partition coefficient (Wildman–Crippen LogP) is 2.13. The van der Waals surface area contributed by atoms with Crippen LogP contribution in [-0.2, 0) is 26.2 Å². The Bertz CT molecular complexity index is 714. The van der Waals surface area contributed by atoms with Crippen LogP contribution in [0, 0.1) is 0 Å². The van der Waals surface area contributed by atoms with Gasteiger partial charge in [-0.2, -0.15) is 0 Å². The SMILES string of the molecule is c1coc(CN2CCCn3nnc(Cn4cccc4)c3C2)c1. The van der Waals surface area contributed by atoms with Crippen LogP contribution in [0.3, 0.4) is 0 Å². The molecule has 6 heteroatoms. The molecular formula is C16H19N5O. The van der Waals surface area contributed by atoms with Gasteiger partial charge in [-0.05, 0) is 30.7 Å². The lowest BCUT2D eigenvalue weighted by Crippen LogP contribution is -2.23. The smallest absolute Gasteiger partial charge is 0.117 e. The van der Waals surface area contributed by atoms with Gasteiger partial charge in [0.2, 0.25) is 0 Å². The molecule has 0 bridgehead atoms. The number of nitrogens with zero attached hydrogens (tertiary/aromatic N) is 5. The van der Waals surface area contributed by atoms with E-state index in [2.05, 4.69) is 36.9 Å². The van der Waals surface area contributed by atoms with Crippen molar-refractivity contribution in [1.82, 2.24) is 24.5 Å². The summed E-state index contributed by atoms with van der Waals surface area (Å²) in [7, 11) is 0. The van der Waals surface area contributed by atoms with Gasteiger partial charge in [-0.1, -0.05) is 5.21 Å². The van der Waals surface area contributed by atoms with E-state index in [9.17, 15) is 0 Å². The number of rotatable bonds is 4. The number of aromatic nitrogens is 4. The van der Waals surface area contributed by atoms with Crippen molar-refractivity contribution in [3.8, 4) is 0 Å². The first-order valence-corrected chi connectivity index (χ1v) is 7.65. The van der Waals surface area contributed by atoms with Crippen molar-refractivity contribution in [3.63, 3.8) is 0 Å². The highest BCUT2D eigenvalue weighted by Crippen LogP contribution is 2.18. The van der Waals surface area contributed by atoms with E-state index in [0.29, 0.717) is 0 Å². The molecule has 0 atom stereocenters. The molecule has 22 heavy (non-hydrogen) atoms. The van der Waals surface area contributed by atoms with Gasteiger partial charge in [0.05, 0.1) is 25.0 Å². The van der Waals surface area contributed by atoms with Gasteiger partial charge in [0.25, 0.3) is 0 Å². The summed E-state index contributed by atoms with van der Waals surface area (Å²) in [5, 5.41) is 8.72. The molecule has 6 nitrogen and oxygen atoms in total. The lowest BCUT2D eigenvalue weighted by Gasteiger charge is -2.18. The minimum absolute atomic E-state index is 0.775. The molecule has 1 aliphatic rings. The van der Waals surface area contributed by atoms with Crippen LogP contribution < -0.4 is 0 Å². The quantitative estimate of drug-likeness (QED) is 0.740. The Hall–Kier alpha value is -2.34. The maximum atomic E-state index is 5.48. The molecule has 0 aromatic carbocycles. The molecule has 4 rings (SSSR count). The lowest BCUT2D eigenvalue weighted by atomic mass is 10.2. The first-order valence-electron chi connectivity index (χ1n) is 7.65. The third kappa shape index (κ3) is 2.69. The lowest BCUT2D eigenvalue weighted by molar-refractivity contribution is 0.238. The molecule has 1 aliphatic heterocycles. The fourth-order valence-corrected chi connectivity index (χ4v) is 2.99. The Morgan fingerprint density at radius 1 is 1.09 bits per heavy atom. The van der Waals surface area contributed by atoms with Crippen molar-refractivity contribution in [2.24, 2.45) is 0 Å². The van der Waals surface area contributed by atoms with Gasteiger partial charge in [0.1, 0.15) is 11.5 Å². The summed E-state index contributed by atoms with van der Waals surface area (Å²) in [6.07, 6.45) is 6.93. The highest BCUT2D eigenvalue weighted by Gasteiger charge is 2.20. The van der Waals surface area contributed by atoms with Gasteiger partial charge in [0.15, 0.2) is 0 Å². The van der Waals surface area contributed by atoms with Crippen molar-refractivity contribution in [2.45, 2.75) is 32.6 Å². The van der Waals surface area contributed by atoms with E-state index in [1.54, 1.807) is 6.26 Å². The van der Waals surface area contributed by atoms with E-state index < -0.39 is 0 Å². The molecule has 3 aromatic rings. The molecule has 0 aliphatic carbocycles. The fraction of sp³-hybridized carbons (Fsp3) is 0.375. The first-order chi connectivity index (χ1) is 10.9. The van der Waals surface area contributed by atoms with Crippen LogP contribution in [0.1, 0.15) is 23.6 Å². The molecule has 3 aromatic heterocycles. The van der Waals surface area contributed by atoms with E-state index >= 15 is 0 Å². The van der Waals surface area contributed by atoms with Gasteiger partial charge in [0, 0.05) is 32.0 Å². The minimum atomic E-state index is 0.775. The Morgan fingerprint density at radius 3 is 2.82 bits per heavy atom. The van der Waals surface area contributed by atoms with Crippen molar-refractivity contribution < 1.29 is 4.42 Å². The molecule has 4 heterocycles. The van der Waals surface area contributed by atoms with Gasteiger partial charge in [-0.3, -0.25) is 4.90 Å². The second kappa shape index (κ2) is 5.81. The zero-order valence-corrected chi connectivity index (χ0v) is 12.4. The summed E-state index contributed by atoms with van der Waals surface area (Å²) in [4.78, 5) is 2.40. The molecule has 0 spiro atoms. The Kier molecular flexibility index (Phi) is 3.52. The van der Waals surface area contributed by atoms with Crippen molar-refractivity contribution in [2.75, 3.05) is 6.54 Å². The second-order valence-electron chi connectivity index (χ2n) is 5.70. The van der Waals surface area contributed by atoms with Crippen LogP contribution in [0.25, 0.3) is 0 Å². The van der Waals surface area contributed by atoms with Crippen LogP contribution in [0.15, 0.2) is 47.3 Å². The molecule has 0 amide bonds. The molecular weight excluding hydrogens is 278 g/mol. The van der Waals surface area contributed by atoms with Crippen LogP contribution in [-0.4, -0.2) is 31.0 Å². The summed E-state index contributed by atoms with van der Waals surface area (Å²) >= 11 is 0. The molecule has 0 fully saturated rings. The van der Waals surface area contributed by atoms with Crippen LogP contribution >= 0.6 is 0 Å². The van der Waals surface area contributed by atoms with Gasteiger partial charge >= 0.3 is 0 Å². The van der Waals surface area contributed by atoms with E-state index in [4.69, 9.17) is 4.42 Å². The summed E-state index contributed by atoms with van der Waals surface area (Å²) in [5.41, 5.74) is 2.28. The fourth-order valence-electron chi connectivity index (χ4n) is 2.99. The zero-order chi connectivity index (χ0) is 14.8. The Balaban J connectivity index is 1.55. The number of hydrogen-bond donors (Lipinski definition) is 0. The van der Waals surface area contributed by atoms with Crippen molar-refractivity contribution in [1.29, 1.82) is 0 Å². The monoisotopic (exact) mass is 297 g/mol. The van der Waals surface area contributed by atoms with E-state index in [1.807, 2.05) is 24.3 Å². The summed E-state index contributed by atoms with van der Waals surface area (Å²) in [5.74, 6) is 1.01. The van der Waals surface area contributed by atoms with Crippen molar-refractivity contribution >= 4 is 0 Å². The normalized spacial score (nSPS) is 15.6. The van der Waals surface area contributed by atoms with E-state index in [1.165, 1.54) is 5.69 Å². The van der Waals surface area contributed by atoms with Crippen LogP contribution in [0.5, 0.6) is 0 Å². The Labute approximate surface area is 128 Å². The summed E-state index contributed by atoms with van der Waals surface area (Å²) in [6.45, 7) is 4.46. The molecule has 0 unspecified atom stereocenters. The van der Waals surface area contributed by atoms with Crippen LogP contribution in [0.2, 0.25) is 0 Å². The second-order valence-corrected chi connectivity index (χ2v) is 5.70. The number of hydrogen-bond acceptors (Lipinski definition) is 4. The topological polar surface area (TPSA) is 52.0 Å². The maximum absolute atomic E-state index is 5.48. The summed E-state index contributed by atoms with van der Waals surface area (Å²) in [6, 6.07) is 8.04. The maximum Gasteiger partial charge on any atom is 0.117 e. The highest BCUT2D eigenvalue weighted by atomic mass is 16.3. The molecule has 0 saturated carbocycles. The van der Waals surface area contributed by atoms with Crippen LogP contribution in [0.4, 0.5) is 0 Å². The average molecular weight is 297 g/mol. The number of aryl methyl sites for hydroxylation is 1. The van der Waals surface area contributed by atoms with Crippen molar-refractivity contribution in [3.05, 3.63) is 60.1 Å². The number of furan rings is 1. The standard InChI is InChI=1S/C16H19N5O/c1-2-7-19(6-1)12-15-16-13-20(11-14-5-3-10-22-14)8-4-9-21(16)18-17-15/h1-3,5-7,10H,4,8-9,11-13H2. The van der Waals surface area contributed by atoms with Gasteiger partial charge in [-0.25, -0.2) is 4.68 Å². The van der Waals surface area contributed by atoms with E-state index in [0.717, 1.165) is 50.6 Å². The largest absolute Gasteiger partial charge is 0.468 e. The zero-order valence-electron chi connectivity index (χ0n) is 12.4. The average Bonchev–Trinajstić information content (AvgIpc) is 3.24. The third-order valence-electron chi connectivity index (χ3n) is 4.09. The van der Waals surface area contributed by atoms with Gasteiger partial charge in [-0.15, -0.1) is 5.10 Å². The molecule has 114 valence electrons. The third-order valence-corrected chi connectivity index (χ3v) is 4.09. The summed E-state index contributed by atoms with van der Waals surface area (Å²) < 4.78 is 9.67. The Morgan fingerprint density at radius 2 is 2.00 bits per heavy atom. The number of fused-ring (bicyclic) bond motifs is 1. The minimum Gasteiger partial charge on any atom is -0.468 e. The molecule has 0 radical (unpaired) electrons. The van der Waals surface area contributed by atoms with E-state index in [-0.39, 0.29) is 0 Å². The molecule has 0 saturated heterocycles. The predicted molar refractivity (Wildman–Crippen MR) is 81.0 cm³/mol. The first kappa shape index (κ1) is 13.3. The van der Waals surface area contributed by atoms with Gasteiger partial charge < -0.3 is 8.98 Å². The molecule has 0 N–H and O–H groups in total. The highest BCUT2D eigenvalue weighted by molar-refractivity contribution is 5.13.